The summed E-state index contributed by atoms with van der Waals surface area (Å²) in [6.07, 6.45) is 5.59. The molecule has 1 aromatic heterocycles. The van der Waals surface area contributed by atoms with Crippen molar-refractivity contribution in [2.75, 3.05) is 6.54 Å². The molecule has 0 amide bonds. The summed E-state index contributed by atoms with van der Waals surface area (Å²) in [6, 6.07) is 2.01. The van der Waals surface area contributed by atoms with E-state index in [-0.39, 0.29) is 0 Å². The molecule has 0 aliphatic rings. The van der Waals surface area contributed by atoms with Gasteiger partial charge >= 0.3 is 0 Å². The van der Waals surface area contributed by atoms with E-state index in [0.717, 1.165) is 15.6 Å². The molecule has 12 heavy (non-hydrogen) atoms. The molecule has 1 heterocycles. The SMILES string of the molecule is C/C(=C/c1cncc(Br)c1)CN. The molecule has 0 spiro atoms. The molecular formula is C9H11BrN2. The van der Waals surface area contributed by atoms with Gasteiger partial charge in [-0.25, -0.2) is 0 Å². The average molecular weight is 227 g/mol. The first-order chi connectivity index (χ1) is 5.72. The number of rotatable bonds is 2. The number of hydrogen-bond donors (Lipinski definition) is 1. The minimum atomic E-state index is 0.590. The largest absolute Gasteiger partial charge is 0.327 e. The van der Waals surface area contributed by atoms with Crippen LogP contribution in [0, 0.1) is 0 Å². The van der Waals surface area contributed by atoms with Crippen LogP contribution in [-0.4, -0.2) is 11.5 Å². The predicted molar refractivity (Wildman–Crippen MR) is 54.6 cm³/mol. The van der Waals surface area contributed by atoms with Crippen molar-refractivity contribution in [3.63, 3.8) is 0 Å². The lowest BCUT2D eigenvalue weighted by molar-refractivity contribution is 1.15. The number of hydrogen-bond acceptors (Lipinski definition) is 2. The zero-order valence-electron chi connectivity index (χ0n) is 6.92. The number of nitrogens with zero attached hydrogens (tertiary/aromatic N) is 1. The number of aromatic nitrogens is 1. The minimum Gasteiger partial charge on any atom is -0.327 e. The third-order valence-electron chi connectivity index (χ3n) is 1.46. The molecule has 0 saturated carbocycles. The highest BCUT2D eigenvalue weighted by Gasteiger charge is 1.91. The van der Waals surface area contributed by atoms with E-state index in [1.54, 1.807) is 6.20 Å². The molecule has 0 aliphatic carbocycles. The molecule has 64 valence electrons. The van der Waals surface area contributed by atoms with Crippen molar-refractivity contribution in [2.45, 2.75) is 6.92 Å². The second-order valence-electron chi connectivity index (χ2n) is 2.63. The topological polar surface area (TPSA) is 38.9 Å². The summed E-state index contributed by atoms with van der Waals surface area (Å²) in [5.74, 6) is 0. The maximum absolute atomic E-state index is 5.46. The van der Waals surface area contributed by atoms with Gasteiger partial charge in [0.2, 0.25) is 0 Å². The fourth-order valence-corrected chi connectivity index (χ4v) is 1.23. The highest BCUT2D eigenvalue weighted by atomic mass is 79.9. The van der Waals surface area contributed by atoms with Crippen LogP contribution in [0.5, 0.6) is 0 Å². The number of halogens is 1. The van der Waals surface area contributed by atoms with Crippen molar-refractivity contribution in [1.82, 2.24) is 4.98 Å². The molecule has 3 heteroatoms. The molecule has 0 fully saturated rings. The van der Waals surface area contributed by atoms with Crippen molar-refractivity contribution in [2.24, 2.45) is 5.73 Å². The Balaban J connectivity index is 2.89. The molecular weight excluding hydrogens is 216 g/mol. The van der Waals surface area contributed by atoms with Gasteiger partial charge in [-0.15, -0.1) is 0 Å². The second-order valence-corrected chi connectivity index (χ2v) is 3.55. The molecule has 0 unspecified atom stereocenters. The Labute approximate surface area is 80.6 Å². The normalized spacial score (nSPS) is 11.8. The first-order valence-electron chi connectivity index (χ1n) is 3.70. The predicted octanol–water partition coefficient (Wildman–Crippen LogP) is 2.21. The van der Waals surface area contributed by atoms with Gasteiger partial charge in [-0.3, -0.25) is 4.98 Å². The molecule has 1 aromatic rings. The van der Waals surface area contributed by atoms with Gasteiger partial charge in [-0.2, -0.15) is 0 Å². The Bertz CT molecular complexity index is 294. The number of pyridine rings is 1. The minimum absolute atomic E-state index is 0.590. The lowest BCUT2D eigenvalue weighted by Gasteiger charge is -1.96. The Morgan fingerprint density at radius 3 is 3.00 bits per heavy atom. The monoisotopic (exact) mass is 226 g/mol. The quantitative estimate of drug-likeness (QED) is 0.841. The fourth-order valence-electron chi connectivity index (χ4n) is 0.851. The van der Waals surface area contributed by atoms with Crippen LogP contribution in [-0.2, 0) is 0 Å². The van der Waals surface area contributed by atoms with Crippen LogP contribution in [0.3, 0.4) is 0 Å². The summed E-state index contributed by atoms with van der Waals surface area (Å²) < 4.78 is 0.987. The van der Waals surface area contributed by atoms with E-state index >= 15 is 0 Å². The van der Waals surface area contributed by atoms with E-state index in [1.807, 2.05) is 25.3 Å². The third kappa shape index (κ3) is 2.75. The van der Waals surface area contributed by atoms with Crippen LogP contribution in [0.15, 0.2) is 28.5 Å². The Morgan fingerprint density at radius 2 is 2.42 bits per heavy atom. The lowest BCUT2D eigenvalue weighted by Crippen LogP contribution is -1.99. The highest BCUT2D eigenvalue weighted by molar-refractivity contribution is 9.10. The van der Waals surface area contributed by atoms with Crippen LogP contribution < -0.4 is 5.73 Å². The zero-order chi connectivity index (χ0) is 8.97. The molecule has 0 radical (unpaired) electrons. The van der Waals surface area contributed by atoms with Gasteiger partial charge in [-0.1, -0.05) is 11.6 Å². The number of nitrogens with two attached hydrogens (primary N) is 1. The third-order valence-corrected chi connectivity index (χ3v) is 1.89. The van der Waals surface area contributed by atoms with Gasteiger partial charge < -0.3 is 5.73 Å². The molecule has 2 nitrogen and oxygen atoms in total. The molecule has 0 saturated heterocycles. The Morgan fingerprint density at radius 1 is 1.67 bits per heavy atom. The summed E-state index contributed by atoms with van der Waals surface area (Å²) in [5.41, 5.74) is 7.68. The van der Waals surface area contributed by atoms with E-state index in [4.69, 9.17) is 5.73 Å². The van der Waals surface area contributed by atoms with E-state index < -0.39 is 0 Å². The summed E-state index contributed by atoms with van der Waals surface area (Å²) in [4.78, 5) is 4.04. The van der Waals surface area contributed by atoms with Gasteiger partial charge in [-0.05, 0) is 34.5 Å². The van der Waals surface area contributed by atoms with E-state index in [0.29, 0.717) is 6.54 Å². The van der Waals surface area contributed by atoms with Crippen LogP contribution in [0.2, 0.25) is 0 Å². The van der Waals surface area contributed by atoms with Crippen LogP contribution in [0.25, 0.3) is 6.08 Å². The van der Waals surface area contributed by atoms with E-state index in [1.165, 1.54) is 0 Å². The van der Waals surface area contributed by atoms with Gasteiger partial charge in [0.1, 0.15) is 0 Å². The molecule has 1 rings (SSSR count). The molecule has 0 aliphatic heterocycles. The first kappa shape index (κ1) is 9.42. The zero-order valence-corrected chi connectivity index (χ0v) is 8.51. The average Bonchev–Trinajstić information content (AvgIpc) is 2.04. The second kappa shape index (κ2) is 4.38. The summed E-state index contributed by atoms with van der Waals surface area (Å²) in [6.45, 7) is 2.59. The maximum Gasteiger partial charge on any atom is 0.0410 e. The van der Waals surface area contributed by atoms with Crippen molar-refractivity contribution < 1.29 is 0 Å². The van der Waals surface area contributed by atoms with Crippen molar-refractivity contribution in [3.05, 3.63) is 34.1 Å². The smallest absolute Gasteiger partial charge is 0.0410 e. The van der Waals surface area contributed by atoms with Crippen LogP contribution in [0.1, 0.15) is 12.5 Å². The Hall–Kier alpha value is -0.670. The summed E-state index contributed by atoms with van der Waals surface area (Å²) in [7, 11) is 0. The van der Waals surface area contributed by atoms with Crippen molar-refractivity contribution in [1.29, 1.82) is 0 Å². The van der Waals surface area contributed by atoms with E-state index in [9.17, 15) is 0 Å². The molecule has 0 aromatic carbocycles. The van der Waals surface area contributed by atoms with Gasteiger partial charge in [0.15, 0.2) is 0 Å². The van der Waals surface area contributed by atoms with Crippen LogP contribution >= 0.6 is 15.9 Å². The molecule has 2 N–H and O–H groups in total. The summed E-state index contributed by atoms with van der Waals surface area (Å²) in [5, 5.41) is 0. The highest BCUT2D eigenvalue weighted by Crippen LogP contribution is 2.11. The first-order valence-corrected chi connectivity index (χ1v) is 4.49. The fraction of sp³-hybridized carbons (Fsp3) is 0.222. The van der Waals surface area contributed by atoms with Gasteiger partial charge in [0.25, 0.3) is 0 Å². The van der Waals surface area contributed by atoms with Gasteiger partial charge in [0, 0.05) is 23.4 Å². The maximum atomic E-state index is 5.46. The van der Waals surface area contributed by atoms with Gasteiger partial charge in [0.05, 0.1) is 0 Å². The summed E-state index contributed by atoms with van der Waals surface area (Å²) >= 11 is 3.35. The van der Waals surface area contributed by atoms with E-state index in [2.05, 4.69) is 20.9 Å². The lowest BCUT2D eigenvalue weighted by atomic mass is 10.2. The van der Waals surface area contributed by atoms with Crippen molar-refractivity contribution in [3.8, 4) is 0 Å². The standard InChI is InChI=1S/C9H11BrN2/c1-7(4-11)2-8-3-9(10)6-12-5-8/h2-3,5-6H,4,11H2,1H3/b7-2-. The molecule has 0 atom stereocenters. The molecule has 0 bridgehead atoms. The van der Waals surface area contributed by atoms with Crippen LogP contribution in [0.4, 0.5) is 0 Å². The van der Waals surface area contributed by atoms with Crippen molar-refractivity contribution >= 4 is 22.0 Å². The Kier molecular flexibility index (Phi) is 3.44.